The highest BCUT2D eigenvalue weighted by Crippen LogP contribution is 2.28. The summed E-state index contributed by atoms with van der Waals surface area (Å²) in [6.45, 7) is 1.40. The Hall–Kier alpha value is -3.15. The van der Waals surface area contributed by atoms with E-state index in [2.05, 4.69) is 10.1 Å². The average Bonchev–Trinajstić information content (AvgIpc) is 3.24. The third-order valence-electron chi connectivity index (χ3n) is 4.56. The number of pyridine rings is 1. The molecule has 0 N–H and O–H groups in total. The summed E-state index contributed by atoms with van der Waals surface area (Å²) in [7, 11) is 0. The molecule has 6 heteroatoms. The SMILES string of the molecule is O=C(c1ccccc1Oc1cccnc1)N1CCCC(n2cccn2)C1. The predicted octanol–water partition coefficient (Wildman–Crippen LogP) is 3.55. The van der Waals surface area contributed by atoms with Crippen LogP contribution in [0, 0.1) is 0 Å². The highest BCUT2D eigenvalue weighted by molar-refractivity contribution is 5.97. The molecule has 1 fully saturated rings. The van der Waals surface area contributed by atoms with Crippen LogP contribution in [0.25, 0.3) is 0 Å². The molecule has 1 atom stereocenters. The zero-order valence-corrected chi connectivity index (χ0v) is 14.4. The fraction of sp³-hybridized carbons (Fsp3) is 0.250. The van der Waals surface area contributed by atoms with Crippen molar-refractivity contribution in [2.45, 2.75) is 18.9 Å². The number of likely N-dealkylation sites (tertiary alicyclic amines) is 1. The van der Waals surface area contributed by atoms with Gasteiger partial charge < -0.3 is 9.64 Å². The fourth-order valence-corrected chi connectivity index (χ4v) is 3.29. The molecule has 0 spiro atoms. The van der Waals surface area contributed by atoms with Crippen molar-refractivity contribution in [1.29, 1.82) is 0 Å². The highest BCUT2D eigenvalue weighted by Gasteiger charge is 2.27. The van der Waals surface area contributed by atoms with E-state index in [9.17, 15) is 4.79 Å². The van der Waals surface area contributed by atoms with Gasteiger partial charge in [0.1, 0.15) is 11.5 Å². The fourth-order valence-electron chi connectivity index (χ4n) is 3.29. The molecule has 0 bridgehead atoms. The molecule has 6 nitrogen and oxygen atoms in total. The maximum absolute atomic E-state index is 13.1. The van der Waals surface area contributed by atoms with Crippen molar-refractivity contribution in [2.24, 2.45) is 0 Å². The first-order chi connectivity index (χ1) is 12.8. The summed E-state index contributed by atoms with van der Waals surface area (Å²) < 4.78 is 7.83. The molecule has 1 saturated heterocycles. The van der Waals surface area contributed by atoms with Gasteiger partial charge in [0, 0.05) is 31.7 Å². The lowest BCUT2D eigenvalue weighted by molar-refractivity contribution is 0.0670. The highest BCUT2D eigenvalue weighted by atomic mass is 16.5. The molecular formula is C20H20N4O2. The van der Waals surface area contributed by atoms with Crippen LogP contribution in [-0.4, -0.2) is 38.7 Å². The summed E-state index contributed by atoms with van der Waals surface area (Å²) in [4.78, 5) is 19.1. The summed E-state index contributed by atoms with van der Waals surface area (Å²) in [5.41, 5.74) is 0.567. The maximum Gasteiger partial charge on any atom is 0.257 e. The Bertz CT molecular complexity index is 865. The summed E-state index contributed by atoms with van der Waals surface area (Å²) >= 11 is 0. The van der Waals surface area contributed by atoms with Gasteiger partial charge in [-0.1, -0.05) is 12.1 Å². The molecule has 3 heterocycles. The number of nitrogens with zero attached hydrogens (tertiary/aromatic N) is 4. The Labute approximate surface area is 152 Å². The number of rotatable bonds is 4. The van der Waals surface area contributed by atoms with Crippen molar-refractivity contribution in [3.8, 4) is 11.5 Å². The molecular weight excluding hydrogens is 328 g/mol. The Morgan fingerprint density at radius 3 is 2.85 bits per heavy atom. The first-order valence-electron chi connectivity index (χ1n) is 8.76. The molecule has 1 aromatic carbocycles. The van der Waals surface area contributed by atoms with Crippen LogP contribution in [0.5, 0.6) is 11.5 Å². The maximum atomic E-state index is 13.1. The van der Waals surface area contributed by atoms with E-state index in [1.807, 2.05) is 52.2 Å². The molecule has 1 amide bonds. The number of hydrogen-bond acceptors (Lipinski definition) is 4. The van der Waals surface area contributed by atoms with E-state index >= 15 is 0 Å². The van der Waals surface area contributed by atoms with Crippen LogP contribution in [0.3, 0.4) is 0 Å². The normalized spacial score (nSPS) is 17.1. The topological polar surface area (TPSA) is 60.2 Å². The molecule has 0 radical (unpaired) electrons. The molecule has 3 aromatic rings. The summed E-state index contributed by atoms with van der Waals surface area (Å²) in [5.74, 6) is 1.15. The number of hydrogen-bond donors (Lipinski definition) is 0. The van der Waals surface area contributed by atoms with Crippen molar-refractivity contribution in [3.63, 3.8) is 0 Å². The van der Waals surface area contributed by atoms with E-state index in [1.165, 1.54) is 0 Å². The Balaban J connectivity index is 1.54. The molecule has 0 aliphatic carbocycles. The average molecular weight is 348 g/mol. The van der Waals surface area contributed by atoms with Gasteiger partial charge in [-0.15, -0.1) is 0 Å². The van der Waals surface area contributed by atoms with Gasteiger partial charge in [0.15, 0.2) is 0 Å². The molecule has 1 unspecified atom stereocenters. The van der Waals surface area contributed by atoms with Crippen molar-refractivity contribution >= 4 is 5.91 Å². The first kappa shape index (κ1) is 16.3. The first-order valence-corrected chi connectivity index (χ1v) is 8.76. The van der Waals surface area contributed by atoms with Crippen molar-refractivity contribution in [1.82, 2.24) is 19.7 Å². The lowest BCUT2D eigenvalue weighted by atomic mass is 10.0. The quantitative estimate of drug-likeness (QED) is 0.723. The number of benzene rings is 1. The third kappa shape index (κ3) is 3.44. The third-order valence-corrected chi connectivity index (χ3v) is 4.56. The largest absolute Gasteiger partial charge is 0.455 e. The molecule has 1 aliphatic heterocycles. The number of ether oxygens (including phenoxy) is 1. The van der Waals surface area contributed by atoms with Crippen LogP contribution in [0.15, 0.2) is 67.3 Å². The summed E-state index contributed by atoms with van der Waals surface area (Å²) in [6, 6.07) is 13.1. The lowest BCUT2D eigenvalue weighted by Gasteiger charge is -2.33. The van der Waals surface area contributed by atoms with E-state index in [0.717, 1.165) is 19.4 Å². The molecule has 132 valence electrons. The van der Waals surface area contributed by atoms with Gasteiger partial charge in [-0.05, 0) is 43.2 Å². The summed E-state index contributed by atoms with van der Waals surface area (Å²) in [5, 5.41) is 4.33. The minimum absolute atomic E-state index is 0.0126. The molecule has 0 saturated carbocycles. The zero-order valence-electron chi connectivity index (χ0n) is 14.4. The van der Waals surface area contributed by atoms with Gasteiger partial charge in [-0.2, -0.15) is 5.10 Å². The van der Waals surface area contributed by atoms with Crippen molar-refractivity contribution in [3.05, 3.63) is 72.8 Å². The molecule has 4 rings (SSSR count). The van der Waals surface area contributed by atoms with E-state index < -0.39 is 0 Å². The van der Waals surface area contributed by atoms with Crippen molar-refractivity contribution in [2.75, 3.05) is 13.1 Å². The zero-order chi connectivity index (χ0) is 17.8. The number of para-hydroxylation sites is 1. The number of piperidine rings is 1. The minimum Gasteiger partial charge on any atom is -0.455 e. The van der Waals surface area contributed by atoms with E-state index in [4.69, 9.17) is 4.74 Å². The smallest absolute Gasteiger partial charge is 0.257 e. The van der Waals surface area contributed by atoms with Gasteiger partial charge in [-0.3, -0.25) is 14.5 Å². The van der Waals surface area contributed by atoms with Gasteiger partial charge >= 0.3 is 0 Å². The summed E-state index contributed by atoms with van der Waals surface area (Å²) in [6.07, 6.45) is 9.04. The minimum atomic E-state index is -0.0126. The second-order valence-electron chi connectivity index (χ2n) is 6.32. The second kappa shape index (κ2) is 7.39. The lowest BCUT2D eigenvalue weighted by Crippen LogP contribution is -2.40. The van der Waals surface area contributed by atoms with Gasteiger partial charge in [0.05, 0.1) is 17.8 Å². The van der Waals surface area contributed by atoms with Crippen LogP contribution < -0.4 is 4.74 Å². The number of amides is 1. The molecule has 26 heavy (non-hydrogen) atoms. The van der Waals surface area contributed by atoms with Crippen molar-refractivity contribution < 1.29 is 9.53 Å². The van der Waals surface area contributed by atoms with E-state index in [0.29, 0.717) is 23.6 Å². The number of aromatic nitrogens is 3. The van der Waals surface area contributed by atoms with Crippen LogP contribution in [0.2, 0.25) is 0 Å². The van der Waals surface area contributed by atoms with Crippen LogP contribution in [0.4, 0.5) is 0 Å². The Morgan fingerprint density at radius 1 is 1.12 bits per heavy atom. The van der Waals surface area contributed by atoms with E-state index in [-0.39, 0.29) is 11.9 Å². The predicted molar refractivity (Wildman–Crippen MR) is 97.2 cm³/mol. The number of carbonyl (C=O) groups excluding carboxylic acids is 1. The second-order valence-corrected chi connectivity index (χ2v) is 6.32. The Kier molecular flexibility index (Phi) is 4.64. The van der Waals surface area contributed by atoms with Crippen LogP contribution >= 0.6 is 0 Å². The Morgan fingerprint density at radius 2 is 2.04 bits per heavy atom. The molecule has 1 aliphatic rings. The van der Waals surface area contributed by atoms with E-state index in [1.54, 1.807) is 24.7 Å². The van der Waals surface area contributed by atoms with Crippen LogP contribution in [-0.2, 0) is 0 Å². The number of carbonyl (C=O) groups is 1. The monoisotopic (exact) mass is 348 g/mol. The van der Waals surface area contributed by atoms with Gasteiger partial charge in [-0.25, -0.2) is 0 Å². The van der Waals surface area contributed by atoms with Gasteiger partial charge in [0.25, 0.3) is 5.91 Å². The van der Waals surface area contributed by atoms with Gasteiger partial charge in [0.2, 0.25) is 0 Å². The standard InChI is InChI=1S/C20H20N4O2/c25-20(23-12-4-6-16(15-23)24-13-5-11-22-24)18-8-1-2-9-19(18)26-17-7-3-10-21-14-17/h1-3,5,7-11,13-14,16H,4,6,12,15H2. The van der Waals surface area contributed by atoms with Crippen LogP contribution in [0.1, 0.15) is 29.2 Å². The molecule has 2 aromatic heterocycles.